The number of hydrogen-bond acceptors (Lipinski definition) is 7. The average molecular weight is 516 g/mol. The molecule has 0 aliphatic carbocycles. The number of nitrogens with one attached hydrogen (secondary N) is 2. The minimum Gasteiger partial charge on any atom is -0.496 e. The van der Waals surface area contributed by atoms with Gasteiger partial charge < -0.3 is 19.9 Å². The second-order valence-corrected chi connectivity index (χ2v) is 8.52. The molecule has 0 saturated heterocycles. The molecule has 4 rings (SSSR count). The van der Waals surface area contributed by atoms with Gasteiger partial charge in [0.2, 0.25) is 5.91 Å². The molecule has 3 heterocycles. The fraction of sp³-hybridized carbons (Fsp3) is 0.179. The molecular formula is C28H26FN5O4. The third-order valence-corrected chi connectivity index (χ3v) is 6.04. The number of hydrogen-bond donors (Lipinski definition) is 2. The lowest BCUT2D eigenvalue weighted by Crippen LogP contribution is -2.37. The largest absolute Gasteiger partial charge is 0.496 e. The molecular weight excluding hydrogens is 489 g/mol. The van der Waals surface area contributed by atoms with Gasteiger partial charge in [-0.1, -0.05) is 0 Å². The van der Waals surface area contributed by atoms with Crippen LogP contribution in [0.5, 0.6) is 5.75 Å². The number of rotatable bonds is 9. The molecule has 0 saturated carbocycles. The number of ketones is 1. The van der Waals surface area contributed by atoms with Crippen molar-refractivity contribution in [3.8, 4) is 17.0 Å². The molecule has 194 valence electrons. The zero-order valence-electron chi connectivity index (χ0n) is 21.1. The lowest BCUT2D eigenvalue weighted by Gasteiger charge is -2.18. The van der Waals surface area contributed by atoms with E-state index in [2.05, 4.69) is 20.6 Å². The number of halogens is 1. The first-order valence-corrected chi connectivity index (χ1v) is 11.8. The van der Waals surface area contributed by atoms with Gasteiger partial charge in [-0.15, -0.1) is 0 Å². The summed E-state index contributed by atoms with van der Waals surface area (Å²) < 4.78 is 20.2. The topological polar surface area (TPSA) is 115 Å². The zero-order chi connectivity index (χ0) is 27.2. The number of carbonyl (C=O) groups excluding carboxylic acids is 2. The summed E-state index contributed by atoms with van der Waals surface area (Å²) in [4.78, 5) is 47.4. The Bertz CT molecular complexity index is 1540. The Balaban J connectivity index is 1.77. The van der Waals surface area contributed by atoms with Crippen LogP contribution in [0.2, 0.25) is 0 Å². The highest BCUT2D eigenvalue weighted by Gasteiger charge is 2.19. The number of aromatic nitrogens is 3. The van der Waals surface area contributed by atoms with Crippen molar-refractivity contribution in [3.63, 3.8) is 0 Å². The standard InChI is InChI=1S/C28H26FN5O4/c1-17(30-2)27(36)33-23-8-9-24(22-15-31-11-10-25(22)38-3)34(28(23)37)16-18-12-20(14-32-13-18)26(35)19-4-6-21(29)7-5-19/h4-15,17,30H,16H2,1-3H3,(H,33,36). The van der Waals surface area contributed by atoms with Crippen LogP contribution >= 0.6 is 0 Å². The molecule has 0 bridgehead atoms. The first kappa shape index (κ1) is 26.4. The van der Waals surface area contributed by atoms with Crippen molar-refractivity contribution < 1.29 is 18.7 Å². The van der Waals surface area contributed by atoms with E-state index >= 15 is 0 Å². The molecule has 0 spiro atoms. The molecule has 10 heteroatoms. The summed E-state index contributed by atoms with van der Waals surface area (Å²) in [6.45, 7) is 1.72. The van der Waals surface area contributed by atoms with Gasteiger partial charge in [0.25, 0.3) is 5.56 Å². The third kappa shape index (κ3) is 5.65. The molecule has 0 radical (unpaired) electrons. The molecule has 1 aromatic carbocycles. The van der Waals surface area contributed by atoms with Crippen molar-refractivity contribution >= 4 is 17.4 Å². The minimum atomic E-state index is -0.515. The Hall–Kier alpha value is -4.70. The summed E-state index contributed by atoms with van der Waals surface area (Å²) in [7, 11) is 3.16. The molecule has 9 nitrogen and oxygen atoms in total. The van der Waals surface area contributed by atoms with E-state index < -0.39 is 17.4 Å². The van der Waals surface area contributed by atoms with E-state index in [1.807, 2.05) is 0 Å². The maximum absolute atomic E-state index is 13.6. The summed E-state index contributed by atoms with van der Waals surface area (Å²) in [5.41, 5.74) is 1.86. The highest BCUT2D eigenvalue weighted by molar-refractivity contribution is 6.08. The molecule has 0 aliphatic heterocycles. The van der Waals surface area contributed by atoms with Crippen LogP contribution in [0, 0.1) is 5.82 Å². The summed E-state index contributed by atoms with van der Waals surface area (Å²) in [6, 6.07) is 11.3. The van der Waals surface area contributed by atoms with E-state index in [1.54, 1.807) is 50.8 Å². The van der Waals surface area contributed by atoms with Crippen molar-refractivity contribution in [2.24, 2.45) is 0 Å². The molecule has 0 aliphatic rings. The van der Waals surface area contributed by atoms with E-state index in [-0.39, 0.29) is 29.5 Å². The number of methoxy groups -OCH3 is 1. The molecule has 38 heavy (non-hydrogen) atoms. The van der Waals surface area contributed by atoms with Crippen molar-refractivity contribution in [3.05, 3.63) is 106 Å². The molecule has 3 aromatic heterocycles. The van der Waals surface area contributed by atoms with E-state index in [4.69, 9.17) is 4.74 Å². The van der Waals surface area contributed by atoms with Gasteiger partial charge in [0.15, 0.2) is 5.78 Å². The number of amides is 1. The van der Waals surface area contributed by atoms with Crippen LogP contribution in [0.25, 0.3) is 11.3 Å². The number of ether oxygens (including phenoxy) is 1. The number of pyridine rings is 3. The lowest BCUT2D eigenvalue weighted by atomic mass is 10.0. The van der Waals surface area contributed by atoms with Gasteiger partial charge in [0.05, 0.1) is 31.0 Å². The first-order valence-electron chi connectivity index (χ1n) is 11.8. The Morgan fingerprint density at radius 2 is 1.79 bits per heavy atom. The molecule has 2 N–H and O–H groups in total. The van der Waals surface area contributed by atoms with E-state index in [0.29, 0.717) is 28.1 Å². The second kappa shape index (κ2) is 11.6. The van der Waals surface area contributed by atoms with Crippen LogP contribution in [0.15, 0.2) is 78.1 Å². The summed E-state index contributed by atoms with van der Waals surface area (Å²) in [6.07, 6.45) is 6.12. The Morgan fingerprint density at radius 1 is 1.03 bits per heavy atom. The summed E-state index contributed by atoms with van der Waals surface area (Å²) in [5.74, 6) is -0.631. The van der Waals surface area contributed by atoms with Crippen LogP contribution in [-0.2, 0) is 11.3 Å². The van der Waals surface area contributed by atoms with Gasteiger partial charge in [-0.2, -0.15) is 0 Å². The number of likely N-dealkylation sites (N-methyl/N-ethyl adjacent to an activating group) is 1. The lowest BCUT2D eigenvalue weighted by molar-refractivity contribution is -0.117. The van der Waals surface area contributed by atoms with Gasteiger partial charge in [0, 0.05) is 35.9 Å². The minimum absolute atomic E-state index is 0.0368. The molecule has 4 aromatic rings. The number of benzene rings is 1. The molecule has 1 unspecified atom stereocenters. The van der Waals surface area contributed by atoms with Crippen LogP contribution in [0.4, 0.5) is 10.1 Å². The van der Waals surface area contributed by atoms with E-state index in [1.165, 1.54) is 48.2 Å². The normalized spacial score (nSPS) is 11.6. The van der Waals surface area contributed by atoms with Crippen LogP contribution < -0.4 is 20.9 Å². The Kier molecular flexibility index (Phi) is 8.03. The van der Waals surface area contributed by atoms with Gasteiger partial charge in [-0.3, -0.25) is 24.4 Å². The van der Waals surface area contributed by atoms with Crippen molar-refractivity contribution in [2.45, 2.75) is 19.5 Å². The quantitative estimate of drug-likeness (QED) is 0.329. The SMILES string of the molecule is CNC(C)C(=O)Nc1ccc(-c2cnccc2OC)n(Cc2cncc(C(=O)c3ccc(F)cc3)c2)c1=O. The van der Waals surface area contributed by atoms with Crippen LogP contribution in [-0.4, -0.2) is 46.4 Å². The van der Waals surface area contributed by atoms with Gasteiger partial charge in [-0.05, 0) is 68.1 Å². The van der Waals surface area contributed by atoms with Crippen molar-refractivity contribution in [1.82, 2.24) is 19.9 Å². The highest BCUT2D eigenvalue weighted by atomic mass is 19.1. The molecule has 0 fully saturated rings. The summed E-state index contributed by atoms with van der Waals surface area (Å²) in [5, 5.41) is 5.51. The number of anilines is 1. The predicted octanol–water partition coefficient (Wildman–Crippen LogP) is 3.28. The van der Waals surface area contributed by atoms with Crippen molar-refractivity contribution in [1.29, 1.82) is 0 Å². The van der Waals surface area contributed by atoms with Crippen molar-refractivity contribution in [2.75, 3.05) is 19.5 Å². The highest BCUT2D eigenvalue weighted by Crippen LogP contribution is 2.29. The number of carbonyl (C=O) groups is 2. The maximum atomic E-state index is 13.6. The third-order valence-electron chi connectivity index (χ3n) is 6.04. The van der Waals surface area contributed by atoms with E-state index in [9.17, 15) is 18.8 Å². The maximum Gasteiger partial charge on any atom is 0.275 e. The van der Waals surface area contributed by atoms with Crippen LogP contribution in [0.1, 0.15) is 28.4 Å². The number of nitrogens with zero attached hydrogens (tertiary/aromatic N) is 3. The second-order valence-electron chi connectivity index (χ2n) is 8.52. The summed E-state index contributed by atoms with van der Waals surface area (Å²) >= 11 is 0. The Labute approximate surface area is 218 Å². The van der Waals surface area contributed by atoms with Crippen LogP contribution in [0.3, 0.4) is 0 Å². The zero-order valence-corrected chi connectivity index (χ0v) is 21.1. The fourth-order valence-corrected chi connectivity index (χ4v) is 3.84. The fourth-order valence-electron chi connectivity index (χ4n) is 3.84. The smallest absolute Gasteiger partial charge is 0.275 e. The monoisotopic (exact) mass is 515 g/mol. The molecule has 1 amide bonds. The molecule has 1 atom stereocenters. The predicted molar refractivity (Wildman–Crippen MR) is 141 cm³/mol. The van der Waals surface area contributed by atoms with Gasteiger partial charge in [0.1, 0.15) is 17.3 Å². The Morgan fingerprint density at radius 3 is 2.50 bits per heavy atom. The van der Waals surface area contributed by atoms with Gasteiger partial charge in [-0.25, -0.2) is 4.39 Å². The average Bonchev–Trinajstić information content (AvgIpc) is 2.95. The first-order chi connectivity index (χ1) is 18.3. The van der Waals surface area contributed by atoms with Gasteiger partial charge >= 0.3 is 0 Å². The van der Waals surface area contributed by atoms with E-state index in [0.717, 1.165) is 0 Å².